The van der Waals surface area contributed by atoms with Crippen LogP contribution in [0, 0.1) is 6.92 Å². The topological polar surface area (TPSA) is 154 Å². The predicted molar refractivity (Wildman–Crippen MR) is 103 cm³/mol. The van der Waals surface area contributed by atoms with Gasteiger partial charge in [0, 0.05) is 11.8 Å². The lowest BCUT2D eigenvalue weighted by atomic mass is 10.1. The average Bonchev–Trinajstić information content (AvgIpc) is 3.14. The van der Waals surface area contributed by atoms with E-state index >= 15 is 0 Å². The lowest BCUT2D eigenvalue weighted by molar-refractivity contribution is 0.0599. The quantitative estimate of drug-likeness (QED) is 0.524. The van der Waals surface area contributed by atoms with E-state index in [2.05, 4.69) is 25.8 Å². The predicted octanol–water partition coefficient (Wildman–Crippen LogP) is 2.42. The average molecular weight is 398 g/mol. The van der Waals surface area contributed by atoms with E-state index < -0.39 is 11.9 Å². The molecule has 0 spiro atoms. The molecule has 0 aliphatic rings. The molecule has 0 radical (unpaired) electrons. The van der Waals surface area contributed by atoms with Gasteiger partial charge >= 0.3 is 11.9 Å². The Bertz CT molecular complexity index is 1030. The highest BCUT2D eigenvalue weighted by atomic mass is 16.5. The van der Waals surface area contributed by atoms with Crippen molar-refractivity contribution in [2.75, 3.05) is 30.6 Å². The summed E-state index contributed by atoms with van der Waals surface area (Å²) in [6.07, 6.45) is 1.29. The van der Waals surface area contributed by atoms with Gasteiger partial charge in [0.15, 0.2) is 17.5 Å². The maximum Gasteiger partial charge on any atom is 0.337 e. The lowest BCUT2D eigenvalue weighted by Crippen LogP contribution is -2.09. The lowest BCUT2D eigenvalue weighted by Gasteiger charge is -2.13. The van der Waals surface area contributed by atoms with Crippen molar-refractivity contribution >= 4 is 40.8 Å². The van der Waals surface area contributed by atoms with Crippen LogP contribution in [0.3, 0.4) is 0 Å². The standard InChI is InChI=1S/C18H18N6O5/c1-9-4-13(24-29-9)23-16-14(19)15(20-8-21-16)22-12-6-10(17(25)27-2)5-11(7-12)18(26)28-3/h4-8H,19H2,1-3H3,(H2,20,21,22,23,24). The molecule has 4 N–H and O–H groups in total. The summed E-state index contributed by atoms with van der Waals surface area (Å²) in [5.74, 6) is 0.373. The van der Waals surface area contributed by atoms with Gasteiger partial charge in [0.05, 0.1) is 25.3 Å². The molecule has 2 aromatic heterocycles. The third-order valence-electron chi connectivity index (χ3n) is 3.80. The number of carbonyl (C=O) groups excluding carboxylic acids is 2. The Morgan fingerprint density at radius 1 is 0.966 bits per heavy atom. The molecule has 0 atom stereocenters. The fraction of sp³-hybridized carbons (Fsp3) is 0.167. The number of hydrogen-bond acceptors (Lipinski definition) is 11. The van der Waals surface area contributed by atoms with E-state index in [9.17, 15) is 9.59 Å². The zero-order valence-corrected chi connectivity index (χ0v) is 15.8. The Labute approximate surface area is 165 Å². The van der Waals surface area contributed by atoms with Crippen LogP contribution in [0.25, 0.3) is 0 Å². The Hall–Kier alpha value is -4.15. The molecule has 0 amide bonds. The van der Waals surface area contributed by atoms with Crippen LogP contribution in [-0.2, 0) is 9.47 Å². The number of nitrogen functional groups attached to an aromatic ring is 1. The largest absolute Gasteiger partial charge is 0.465 e. The van der Waals surface area contributed by atoms with Gasteiger partial charge in [0.25, 0.3) is 0 Å². The van der Waals surface area contributed by atoms with Crippen LogP contribution in [0.1, 0.15) is 26.5 Å². The number of nitrogens with zero attached hydrogens (tertiary/aromatic N) is 3. The molecule has 150 valence electrons. The first-order valence-corrected chi connectivity index (χ1v) is 8.30. The second-order valence-corrected chi connectivity index (χ2v) is 5.84. The number of nitrogens with two attached hydrogens (primary N) is 1. The summed E-state index contributed by atoms with van der Waals surface area (Å²) in [5.41, 5.74) is 7.02. The molecule has 11 nitrogen and oxygen atoms in total. The van der Waals surface area contributed by atoms with Crippen molar-refractivity contribution in [1.82, 2.24) is 15.1 Å². The molecule has 29 heavy (non-hydrogen) atoms. The minimum Gasteiger partial charge on any atom is -0.465 e. The molecule has 11 heteroatoms. The molecule has 0 fully saturated rings. The first-order valence-electron chi connectivity index (χ1n) is 8.30. The summed E-state index contributed by atoms with van der Waals surface area (Å²) < 4.78 is 14.4. The fourth-order valence-electron chi connectivity index (χ4n) is 2.45. The fourth-order valence-corrected chi connectivity index (χ4v) is 2.45. The van der Waals surface area contributed by atoms with Crippen molar-refractivity contribution in [3.63, 3.8) is 0 Å². The zero-order valence-electron chi connectivity index (χ0n) is 15.8. The summed E-state index contributed by atoms with van der Waals surface area (Å²) >= 11 is 0. The second kappa shape index (κ2) is 8.25. The second-order valence-electron chi connectivity index (χ2n) is 5.84. The molecule has 3 rings (SSSR count). The van der Waals surface area contributed by atoms with Gasteiger partial charge in [0.1, 0.15) is 17.8 Å². The van der Waals surface area contributed by atoms with Crippen molar-refractivity contribution < 1.29 is 23.6 Å². The number of esters is 2. The van der Waals surface area contributed by atoms with Crippen LogP contribution >= 0.6 is 0 Å². The molecule has 2 heterocycles. The Morgan fingerprint density at radius 3 is 2.07 bits per heavy atom. The third-order valence-corrected chi connectivity index (χ3v) is 3.80. The minimum atomic E-state index is -0.613. The van der Waals surface area contributed by atoms with Crippen molar-refractivity contribution in [2.24, 2.45) is 0 Å². The molecule has 3 aromatic rings. The number of anilines is 5. The van der Waals surface area contributed by atoms with Gasteiger partial charge in [-0.05, 0) is 25.1 Å². The first kappa shape index (κ1) is 19.6. The zero-order chi connectivity index (χ0) is 21.0. The van der Waals surface area contributed by atoms with E-state index in [1.807, 2.05) is 0 Å². The van der Waals surface area contributed by atoms with Crippen LogP contribution in [0.2, 0.25) is 0 Å². The van der Waals surface area contributed by atoms with E-state index in [4.69, 9.17) is 19.7 Å². The first-order chi connectivity index (χ1) is 13.9. The minimum absolute atomic E-state index is 0.155. The molecule has 0 unspecified atom stereocenters. The SMILES string of the molecule is COC(=O)c1cc(Nc2ncnc(Nc3cc(C)on3)c2N)cc(C(=O)OC)c1. The normalized spacial score (nSPS) is 10.3. The van der Waals surface area contributed by atoms with Gasteiger partial charge in [-0.3, -0.25) is 0 Å². The molecule has 0 saturated carbocycles. The summed E-state index contributed by atoms with van der Waals surface area (Å²) in [4.78, 5) is 32.1. The maximum absolute atomic E-state index is 11.9. The summed E-state index contributed by atoms with van der Waals surface area (Å²) in [5, 5.41) is 9.72. The monoisotopic (exact) mass is 398 g/mol. The van der Waals surface area contributed by atoms with E-state index in [0.717, 1.165) is 0 Å². The van der Waals surface area contributed by atoms with Crippen molar-refractivity contribution in [1.29, 1.82) is 0 Å². The van der Waals surface area contributed by atoms with Crippen molar-refractivity contribution in [2.45, 2.75) is 6.92 Å². The number of benzene rings is 1. The van der Waals surface area contributed by atoms with Gasteiger partial charge in [-0.1, -0.05) is 5.16 Å². The van der Waals surface area contributed by atoms with Crippen molar-refractivity contribution in [3.8, 4) is 0 Å². The van der Waals surface area contributed by atoms with Gasteiger partial charge in [-0.15, -0.1) is 0 Å². The number of aryl methyl sites for hydroxylation is 1. The van der Waals surface area contributed by atoms with Gasteiger partial charge in [-0.2, -0.15) is 0 Å². The van der Waals surface area contributed by atoms with E-state index in [1.165, 1.54) is 38.7 Å². The number of ether oxygens (including phenoxy) is 2. The smallest absolute Gasteiger partial charge is 0.337 e. The highest BCUT2D eigenvalue weighted by molar-refractivity contribution is 5.97. The molecular weight excluding hydrogens is 380 g/mol. The van der Waals surface area contributed by atoms with Gasteiger partial charge in [-0.25, -0.2) is 19.6 Å². The Balaban J connectivity index is 1.93. The molecule has 1 aromatic carbocycles. The highest BCUT2D eigenvalue weighted by Crippen LogP contribution is 2.29. The van der Waals surface area contributed by atoms with E-state index in [0.29, 0.717) is 23.1 Å². The van der Waals surface area contributed by atoms with Crippen molar-refractivity contribution in [3.05, 3.63) is 47.5 Å². The number of nitrogens with one attached hydrogen (secondary N) is 2. The van der Waals surface area contributed by atoms with Crippen LogP contribution in [0.4, 0.5) is 28.8 Å². The number of carbonyl (C=O) groups is 2. The molecule has 0 aliphatic heterocycles. The summed E-state index contributed by atoms with van der Waals surface area (Å²) in [6.45, 7) is 1.75. The summed E-state index contributed by atoms with van der Waals surface area (Å²) in [6, 6.07) is 6.03. The Morgan fingerprint density at radius 2 is 1.55 bits per heavy atom. The van der Waals surface area contributed by atoms with Crippen LogP contribution in [0.15, 0.2) is 35.1 Å². The van der Waals surface area contributed by atoms with Crippen LogP contribution in [-0.4, -0.2) is 41.3 Å². The summed E-state index contributed by atoms with van der Waals surface area (Å²) in [7, 11) is 2.48. The number of rotatable bonds is 6. The van der Waals surface area contributed by atoms with E-state index in [1.54, 1.807) is 13.0 Å². The molecule has 0 aliphatic carbocycles. The van der Waals surface area contributed by atoms with Gasteiger partial charge < -0.3 is 30.4 Å². The maximum atomic E-state index is 11.9. The molecule has 0 bridgehead atoms. The number of methoxy groups -OCH3 is 2. The Kier molecular flexibility index (Phi) is 5.58. The van der Waals surface area contributed by atoms with Crippen LogP contribution < -0.4 is 16.4 Å². The van der Waals surface area contributed by atoms with Crippen LogP contribution in [0.5, 0.6) is 0 Å². The third kappa shape index (κ3) is 4.40. The van der Waals surface area contributed by atoms with Gasteiger partial charge in [0.2, 0.25) is 0 Å². The van der Waals surface area contributed by atoms with E-state index in [-0.39, 0.29) is 22.6 Å². The molecule has 0 saturated heterocycles. The molecular formula is C18H18N6O5. The highest BCUT2D eigenvalue weighted by Gasteiger charge is 2.16. The number of aromatic nitrogens is 3. The number of hydrogen-bond donors (Lipinski definition) is 3.